The second kappa shape index (κ2) is 7.38. The molecule has 0 saturated carbocycles. The lowest BCUT2D eigenvalue weighted by molar-refractivity contribution is 0.0699. The summed E-state index contributed by atoms with van der Waals surface area (Å²) in [6.45, 7) is 5.26. The Labute approximate surface area is 112 Å². The van der Waals surface area contributed by atoms with E-state index in [1.807, 2.05) is 19.9 Å². The molecule has 0 amide bonds. The van der Waals surface area contributed by atoms with Crippen LogP contribution in [0, 0.1) is 0 Å². The van der Waals surface area contributed by atoms with E-state index in [0.29, 0.717) is 18.7 Å². The molecule has 2 rings (SSSR count). The molecule has 0 aliphatic rings. The topological polar surface area (TPSA) is 75.9 Å². The van der Waals surface area contributed by atoms with Gasteiger partial charge in [-0.3, -0.25) is 0 Å². The van der Waals surface area contributed by atoms with Crippen molar-refractivity contribution in [3.63, 3.8) is 0 Å². The summed E-state index contributed by atoms with van der Waals surface area (Å²) in [5.74, 6) is -0.978. The number of carboxylic acids is 1. The summed E-state index contributed by atoms with van der Waals surface area (Å²) < 4.78 is 6.46. The van der Waals surface area contributed by atoms with E-state index in [1.165, 1.54) is 10.7 Å². The molecule has 6 nitrogen and oxygen atoms in total. The average Bonchev–Trinajstić information content (AvgIpc) is 2.84. The predicted molar refractivity (Wildman–Crippen MR) is 73.9 cm³/mol. The van der Waals surface area contributed by atoms with Crippen LogP contribution in [-0.2, 0) is 4.74 Å². The van der Waals surface area contributed by atoms with Crippen molar-refractivity contribution in [3.05, 3.63) is 30.1 Å². The number of rotatable bonds is 5. The third-order valence-electron chi connectivity index (χ3n) is 2.39. The molecule has 2 aromatic heterocycles. The first-order chi connectivity index (χ1) is 9.22. The van der Waals surface area contributed by atoms with Gasteiger partial charge in [-0.25, -0.2) is 9.31 Å². The number of ether oxygens (including phenoxy) is 1. The van der Waals surface area contributed by atoms with Crippen molar-refractivity contribution >= 4 is 17.2 Å². The van der Waals surface area contributed by atoms with Crippen molar-refractivity contribution < 1.29 is 14.6 Å². The Balaban J connectivity index is 0.000000861. The number of hydrogen-bond acceptors (Lipinski definition) is 4. The monoisotopic (exact) mass is 265 g/mol. The highest BCUT2D eigenvalue weighted by Gasteiger charge is 2.10. The quantitative estimate of drug-likeness (QED) is 0.810. The van der Waals surface area contributed by atoms with Crippen molar-refractivity contribution in [2.24, 2.45) is 0 Å². The summed E-state index contributed by atoms with van der Waals surface area (Å²) in [5.41, 5.74) is 1.61. The van der Waals surface area contributed by atoms with Gasteiger partial charge in [0.15, 0.2) is 0 Å². The minimum Gasteiger partial charge on any atom is -0.478 e. The van der Waals surface area contributed by atoms with Gasteiger partial charge in [0, 0.05) is 25.5 Å². The largest absolute Gasteiger partial charge is 0.478 e. The first kappa shape index (κ1) is 15.0. The van der Waals surface area contributed by atoms with Gasteiger partial charge in [0.2, 0.25) is 0 Å². The van der Waals surface area contributed by atoms with E-state index in [-0.39, 0.29) is 5.56 Å². The molecule has 2 heterocycles. The lowest BCUT2D eigenvalue weighted by atomic mass is 10.2. The number of aromatic carboxylic acids is 1. The van der Waals surface area contributed by atoms with Gasteiger partial charge < -0.3 is 15.2 Å². The summed E-state index contributed by atoms with van der Waals surface area (Å²) in [4.78, 5) is 11.0. The number of anilines is 1. The maximum Gasteiger partial charge on any atom is 0.339 e. The summed E-state index contributed by atoms with van der Waals surface area (Å²) >= 11 is 0. The third kappa shape index (κ3) is 3.69. The first-order valence-electron chi connectivity index (χ1n) is 6.16. The van der Waals surface area contributed by atoms with Crippen LogP contribution < -0.4 is 5.32 Å². The van der Waals surface area contributed by atoms with Crippen LogP contribution in [0.15, 0.2) is 24.5 Å². The number of carboxylic acid groups (broad SMARTS) is 1. The fourth-order valence-electron chi connectivity index (χ4n) is 1.55. The van der Waals surface area contributed by atoms with E-state index in [1.54, 1.807) is 19.4 Å². The van der Waals surface area contributed by atoms with Crippen LogP contribution in [0.4, 0.5) is 5.69 Å². The number of methoxy groups -OCH3 is 1. The second-order valence-corrected chi connectivity index (χ2v) is 3.53. The summed E-state index contributed by atoms with van der Waals surface area (Å²) in [5, 5.41) is 16.1. The Kier molecular flexibility index (Phi) is 5.81. The zero-order valence-electron chi connectivity index (χ0n) is 11.4. The van der Waals surface area contributed by atoms with Crippen LogP contribution >= 0.6 is 0 Å². The predicted octanol–water partition coefficient (Wildman–Crippen LogP) is 2.12. The Morgan fingerprint density at radius 1 is 1.53 bits per heavy atom. The van der Waals surface area contributed by atoms with Crippen LogP contribution in [0.25, 0.3) is 5.52 Å². The molecule has 0 radical (unpaired) electrons. The SMILES string of the molecule is CC.COCCNc1ccn2ncc(C(=O)O)c2c1. The zero-order chi connectivity index (χ0) is 14.3. The van der Waals surface area contributed by atoms with Gasteiger partial charge in [-0.1, -0.05) is 13.8 Å². The molecule has 104 valence electrons. The molecular weight excluding hydrogens is 246 g/mol. The van der Waals surface area contributed by atoms with E-state index in [0.717, 1.165) is 5.69 Å². The minimum absolute atomic E-state index is 0.195. The third-order valence-corrected chi connectivity index (χ3v) is 2.39. The maximum atomic E-state index is 11.0. The van der Waals surface area contributed by atoms with Crippen molar-refractivity contribution in [3.8, 4) is 0 Å². The molecule has 0 aliphatic carbocycles. The molecule has 0 fully saturated rings. The van der Waals surface area contributed by atoms with Crippen molar-refractivity contribution in [1.82, 2.24) is 9.61 Å². The van der Waals surface area contributed by atoms with Crippen LogP contribution in [-0.4, -0.2) is 41.0 Å². The van der Waals surface area contributed by atoms with Gasteiger partial charge in [-0.15, -0.1) is 0 Å². The number of aromatic nitrogens is 2. The Bertz CT molecular complexity index is 537. The molecule has 0 aromatic carbocycles. The highest BCUT2D eigenvalue weighted by molar-refractivity contribution is 5.95. The van der Waals surface area contributed by atoms with Crippen molar-refractivity contribution in [2.45, 2.75) is 13.8 Å². The maximum absolute atomic E-state index is 11.0. The molecule has 0 aliphatic heterocycles. The van der Waals surface area contributed by atoms with E-state index in [9.17, 15) is 4.79 Å². The number of nitrogens with one attached hydrogen (secondary N) is 1. The Morgan fingerprint density at radius 3 is 2.89 bits per heavy atom. The van der Waals surface area contributed by atoms with Crippen LogP contribution in [0.2, 0.25) is 0 Å². The summed E-state index contributed by atoms with van der Waals surface area (Å²) in [7, 11) is 1.63. The molecule has 0 unspecified atom stereocenters. The smallest absolute Gasteiger partial charge is 0.339 e. The molecule has 2 aromatic rings. The van der Waals surface area contributed by atoms with Crippen molar-refractivity contribution in [2.75, 3.05) is 25.6 Å². The van der Waals surface area contributed by atoms with Crippen LogP contribution in [0.3, 0.4) is 0 Å². The molecule has 0 spiro atoms. The number of nitrogens with zero attached hydrogens (tertiary/aromatic N) is 2. The van der Waals surface area contributed by atoms with Gasteiger partial charge in [-0.2, -0.15) is 5.10 Å². The Hall–Kier alpha value is -2.08. The van der Waals surface area contributed by atoms with Gasteiger partial charge in [-0.05, 0) is 12.1 Å². The summed E-state index contributed by atoms with van der Waals surface area (Å²) in [6, 6.07) is 3.59. The number of hydrogen-bond donors (Lipinski definition) is 2. The molecule has 2 N–H and O–H groups in total. The average molecular weight is 265 g/mol. The zero-order valence-corrected chi connectivity index (χ0v) is 11.4. The van der Waals surface area contributed by atoms with Gasteiger partial charge in [0.05, 0.1) is 18.3 Å². The highest BCUT2D eigenvalue weighted by atomic mass is 16.5. The number of carbonyl (C=O) groups is 1. The van der Waals surface area contributed by atoms with Gasteiger partial charge in [0.1, 0.15) is 5.56 Å². The van der Waals surface area contributed by atoms with Crippen molar-refractivity contribution in [1.29, 1.82) is 0 Å². The molecule has 0 saturated heterocycles. The molecule has 6 heteroatoms. The van der Waals surface area contributed by atoms with Crippen LogP contribution in [0.1, 0.15) is 24.2 Å². The molecule has 19 heavy (non-hydrogen) atoms. The minimum atomic E-state index is -0.978. The lowest BCUT2D eigenvalue weighted by Crippen LogP contribution is -2.07. The molecular formula is C13H19N3O3. The fourth-order valence-corrected chi connectivity index (χ4v) is 1.55. The second-order valence-electron chi connectivity index (χ2n) is 3.53. The highest BCUT2D eigenvalue weighted by Crippen LogP contribution is 2.15. The Morgan fingerprint density at radius 2 is 2.26 bits per heavy atom. The lowest BCUT2D eigenvalue weighted by Gasteiger charge is -2.05. The van der Waals surface area contributed by atoms with E-state index in [2.05, 4.69) is 10.4 Å². The van der Waals surface area contributed by atoms with Gasteiger partial charge in [0.25, 0.3) is 0 Å². The normalized spacial score (nSPS) is 9.84. The summed E-state index contributed by atoms with van der Waals surface area (Å²) in [6.07, 6.45) is 3.06. The molecule has 0 bridgehead atoms. The number of fused-ring (bicyclic) bond motifs is 1. The number of pyridine rings is 1. The fraction of sp³-hybridized carbons (Fsp3) is 0.385. The van der Waals surface area contributed by atoms with E-state index >= 15 is 0 Å². The van der Waals surface area contributed by atoms with Crippen LogP contribution in [0.5, 0.6) is 0 Å². The molecule has 0 atom stereocenters. The first-order valence-corrected chi connectivity index (χ1v) is 6.16. The van der Waals surface area contributed by atoms with E-state index < -0.39 is 5.97 Å². The van der Waals surface area contributed by atoms with E-state index in [4.69, 9.17) is 9.84 Å². The standard InChI is InChI=1S/C11H13N3O3.C2H6/c1-17-5-3-12-8-2-4-14-10(6-8)9(7-13-14)11(15)16;1-2/h2,4,6-7,12H,3,5H2,1H3,(H,15,16);1-2H3. The van der Waals surface area contributed by atoms with Gasteiger partial charge >= 0.3 is 5.97 Å².